The van der Waals surface area contributed by atoms with Crippen molar-refractivity contribution in [2.75, 3.05) is 20.1 Å². The van der Waals surface area contributed by atoms with E-state index in [1.165, 1.54) is 19.5 Å². The van der Waals surface area contributed by atoms with Crippen LogP contribution in [0, 0.1) is 5.92 Å². The zero-order chi connectivity index (χ0) is 13.0. The molecule has 4 unspecified atom stereocenters. The Morgan fingerprint density at radius 3 is 2.29 bits per heavy atom. The Labute approximate surface area is 112 Å². The van der Waals surface area contributed by atoms with Gasteiger partial charge in [0.15, 0.2) is 0 Å². The van der Waals surface area contributed by atoms with Gasteiger partial charge in [-0.2, -0.15) is 11.8 Å². The monoisotopic (exact) mass is 258 g/mol. The topological polar surface area (TPSA) is 15.3 Å². The summed E-state index contributed by atoms with van der Waals surface area (Å²) >= 11 is 2.09. The van der Waals surface area contributed by atoms with E-state index in [0.717, 1.165) is 16.4 Å². The van der Waals surface area contributed by atoms with Crippen molar-refractivity contribution in [2.45, 2.75) is 63.6 Å². The van der Waals surface area contributed by atoms with Crippen LogP contribution in [0.15, 0.2) is 0 Å². The maximum atomic E-state index is 3.65. The van der Waals surface area contributed by atoms with Crippen molar-refractivity contribution in [2.24, 2.45) is 5.92 Å². The minimum Gasteiger partial charge on any atom is -0.313 e. The molecule has 17 heavy (non-hydrogen) atoms. The SMILES string of the molecule is CC(CCN(C)C(C)C(C)C)NCC1SC1C. The molecule has 1 N–H and O–H groups in total. The first-order chi connectivity index (χ1) is 7.91. The molecule has 0 spiro atoms. The van der Waals surface area contributed by atoms with Crippen LogP contribution in [0.4, 0.5) is 0 Å². The summed E-state index contributed by atoms with van der Waals surface area (Å²) < 4.78 is 0. The van der Waals surface area contributed by atoms with Crippen molar-refractivity contribution in [3.05, 3.63) is 0 Å². The summed E-state index contributed by atoms with van der Waals surface area (Å²) in [6.45, 7) is 13.9. The van der Waals surface area contributed by atoms with Crippen LogP contribution in [0.1, 0.15) is 41.0 Å². The van der Waals surface area contributed by atoms with Crippen LogP contribution >= 0.6 is 11.8 Å². The molecule has 1 heterocycles. The lowest BCUT2D eigenvalue weighted by Crippen LogP contribution is -2.38. The molecule has 0 amide bonds. The average molecular weight is 258 g/mol. The van der Waals surface area contributed by atoms with Crippen molar-refractivity contribution in [3.63, 3.8) is 0 Å². The second-order valence-electron chi connectivity index (χ2n) is 5.94. The van der Waals surface area contributed by atoms with Crippen molar-refractivity contribution < 1.29 is 0 Å². The Bertz CT molecular complexity index is 220. The molecule has 1 saturated heterocycles. The first kappa shape index (κ1) is 15.3. The van der Waals surface area contributed by atoms with E-state index in [1.54, 1.807) is 0 Å². The molecule has 2 nitrogen and oxygen atoms in total. The Hall–Kier alpha value is 0.270. The molecule has 1 rings (SSSR count). The number of nitrogens with one attached hydrogen (secondary N) is 1. The van der Waals surface area contributed by atoms with Gasteiger partial charge in [0.25, 0.3) is 0 Å². The van der Waals surface area contributed by atoms with Gasteiger partial charge in [0.1, 0.15) is 0 Å². The Kier molecular flexibility index (Phi) is 6.32. The van der Waals surface area contributed by atoms with E-state index in [4.69, 9.17) is 0 Å². The van der Waals surface area contributed by atoms with Gasteiger partial charge in [-0.3, -0.25) is 0 Å². The molecule has 0 aromatic carbocycles. The third kappa shape index (κ3) is 5.62. The zero-order valence-corrected chi connectivity index (χ0v) is 13.2. The average Bonchev–Trinajstić information content (AvgIpc) is 2.98. The fraction of sp³-hybridized carbons (Fsp3) is 1.00. The van der Waals surface area contributed by atoms with Gasteiger partial charge in [0, 0.05) is 29.1 Å². The lowest BCUT2D eigenvalue weighted by molar-refractivity contribution is 0.199. The predicted molar refractivity (Wildman–Crippen MR) is 79.9 cm³/mol. The third-order valence-electron chi connectivity index (χ3n) is 4.08. The maximum absolute atomic E-state index is 3.65. The van der Waals surface area contributed by atoms with Gasteiger partial charge in [-0.1, -0.05) is 20.8 Å². The van der Waals surface area contributed by atoms with Crippen LogP contribution < -0.4 is 5.32 Å². The maximum Gasteiger partial charge on any atom is 0.0291 e. The van der Waals surface area contributed by atoms with Gasteiger partial charge in [-0.15, -0.1) is 0 Å². The van der Waals surface area contributed by atoms with E-state index < -0.39 is 0 Å². The van der Waals surface area contributed by atoms with E-state index in [9.17, 15) is 0 Å². The molecule has 0 aromatic heterocycles. The van der Waals surface area contributed by atoms with Crippen molar-refractivity contribution >= 4 is 11.8 Å². The fourth-order valence-electron chi connectivity index (χ4n) is 1.97. The van der Waals surface area contributed by atoms with Gasteiger partial charge in [0.2, 0.25) is 0 Å². The second-order valence-corrected chi connectivity index (χ2v) is 7.56. The highest BCUT2D eigenvalue weighted by molar-refractivity contribution is 8.07. The highest BCUT2D eigenvalue weighted by Crippen LogP contribution is 2.39. The predicted octanol–water partition coefficient (Wildman–Crippen LogP) is 2.83. The van der Waals surface area contributed by atoms with Gasteiger partial charge in [-0.05, 0) is 39.8 Å². The van der Waals surface area contributed by atoms with Gasteiger partial charge < -0.3 is 10.2 Å². The van der Waals surface area contributed by atoms with Gasteiger partial charge in [0.05, 0.1) is 0 Å². The molecule has 0 saturated carbocycles. The molecule has 0 aromatic rings. The van der Waals surface area contributed by atoms with E-state index in [1.807, 2.05) is 0 Å². The minimum atomic E-state index is 0.644. The first-order valence-corrected chi connectivity index (χ1v) is 7.95. The zero-order valence-electron chi connectivity index (χ0n) is 12.4. The molecule has 0 bridgehead atoms. The number of nitrogens with zero attached hydrogens (tertiary/aromatic N) is 1. The minimum absolute atomic E-state index is 0.644. The van der Waals surface area contributed by atoms with E-state index in [0.29, 0.717) is 12.1 Å². The van der Waals surface area contributed by atoms with Crippen LogP contribution in [0.2, 0.25) is 0 Å². The number of hydrogen-bond donors (Lipinski definition) is 1. The summed E-state index contributed by atoms with van der Waals surface area (Å²) in [7, 11) is 2.25. The summed E-state index contributed by atoms with van der Waals surface area (Å²) in [6, 6.07) is 1.33. The Balaban J connectivity index is 2.07. The highest BCUT2D eigenvalue weighted by atomic mass is 32.2. The molecule has 0 radical (unpaired) electrons. The van der Waals surface area contributed by atoms with Crippen molar-refractivity contribution in [3.8, 4) is 0 Å². The standard InChI is InChI=1S/C14H30N2S/c1-10(2)12(4)16(6)8-7-11(3)15-9-14-13(5)17-14/h10-15H,7-9H2,1-6H3. The van der Waals surface area contributed by atoms with Crippen molar-refractivity contribution in [1.82, 2.24) is 10.2 Å². The summed E-state index contributed by atoms with van der Waals surface area (Å²) in [5, 5.41) is 5.42. The van der Waals surface area contributed by atoms with E-state index in [-0.39, 0.29) is 0 Å². The molecule has 1 aliphatic heterocycles. The van der Waals surface area contributed by atoms with Crippen LogP contribution in [-0.2, 0) is 0 Å². The van der Waals surface area contributed by atoms with Crippen LogP contribution in [0.25, 0.3) is 0 Å². The molecule has 1 aliphatic rings. The summed E-state index contributed by atoms with van der Waals surface area (Å²) in [5.74, 6) is 0.743. The third-order valence-corrected chi connectivity index (χ3v) is 5.45. The summed E-state index contributed by atoms with van der Waals surface area (Å²) in [4.78, 5) is 2.48. The molecule has 3 heteroatoms. The molecular formula is C14H30N2S. The number of thioether (sulfide) groups is 1. The molecule has 0 aliphatic carbocycles. The normalized spacial score (nSPS) is 27.5. The van der Waals surface area contributed by atoms with E-state index >= 15 is 0 Å². The number of hydrogen-bond acceptors (Lipinski definition) is 3. The van der Waals surface area contributed by atoms with Crippen molar-refractivity contribution in [1.29, 1.82) is 0 Å². The van der Waals surface area contributed by atoms with Gasteiger partial charge >= 0.3 is 0 Å². The highest BCUT2D eigenvalue weighted by Gasteiger charge is 2.33. The van der Waals surface area contributed by atoms with Gasteiger partial charge in [-0.25, -0.2) is 0 Å². The molecule has 4 atom stereocenters. The Morgan fingerprint density at radius 2 is 1.82 bits per heavy atom. The lowest BCUT2D eigenvalue weighted by Gasteiger charge is -2.29. The quantitative estimate of drug-likeness (QED) is 0.674. The fourth-order valence-corrected chi connectivity index (χ4v) is 2.72. The van der Waals surface area contributed by atoms with Crippen LogP contribution in [0.3, 0.4) is 0 Å². The molecule has 102 valence electrons. The number of rotatable bonds is 8. The largest absolute Gasteiger partial charge is 0.313 e. The smallest absolute Gasteiger partial charge is 0.0291 e. The van der Waals surface area contributed by atoms with Crippen LogP contribution in [-0.4, -0.2) is 47.6 Å². The van der Waals surface area contributed by atoms with E-state index in [2.05, 4.69) is 63.6 Å². The molecular weight excluding hydrogens is 228 g/mol. The summed E-state index contributed by atoms with van der Waals surface area (Å²) in [5.41, 5.74) is 0. The first-order valence-electron chi connectivity index (χ1n) is 7.01. The Morgan fingerprint density at radius 1 is 1.24 bits per heavy atom. The summed E-state index contributed by atoms with van der Waals surface area (Å²) in [6.07, 6.45) is 1.25. The lowest BCUT2D eigenvalue weighted by atomic mass is 10.0. The molecule has 1 fully saturated rings. The second kappa shape index (κ2) is 7.01. The van der Waals surface area contributed by atoms with Crippen LogP contribution in [0.5, 0.6) is 0 Å².